The van der Waals surface area contributed by atoms with Crippen LogP contribution in [0, 0.1) is 0 Å². The van der Waals surface area contributed by atoms with Gasteiger partial charge in [0.1, 0.15) is 15.7 Å². The van der Waals surface area contributed by atoms with Crippen molar-refractivity contribution in [2.45, 2.75) is 70.0 Å². The van der Waals surface area contributed by atoms with Gasteiger partial charge in [-0.1, -0.05) is 119 Å². The highest BCUT2D eigenvalue weighted by Gasteiger charge is 2.71. The summed E-state index contributed by atoms with van der Waals surface area (Å²) in [6.45, 7) is 11.1. The molecule has 4 atom stereocenters. The van der Waals surface area contributed by atoms with Crippen LogP contribution in [0.3, 0.4) is 0 Å². The van der Waals surface area contributed by atoms with Crippen LogP contribution in [0.1, 0.15) is 37.5 Å². The SMILES string of the molecule is CC1(C)S[C@H]2N(C(=O)[C@]2(Br)C[C@H](I)[Si](C)(C)C)[C@H]1C(=O)OC(c1ccccc1)c1ccccc1. The second-order valence-electron chi connectivity index (χ2n) is 10.7. The van der Waals surface area contributed by atoms with E-state index in [-0.39, 0.29) is 17.3 Å². The van der Waals surface area contributed by atoms with Crippen LogP contribution in [0.4, 0.5) is 0 Å². The molecule has 0 bridgehead atoms. The van der Waals surface area contributed by atoms with Crippen molar-refractivity contribution in [1.29, 1.82) is 0 Å². The Kier molecular flexibility index (Phi) is 7.37. The third kappa shape index (κ3) is 4.76. The van der Waals surface area contributed by atoms with Crippen LogP contribution in [0.15, 0.2) is 60.7 Å². The van der Waals surface area contributed by atoms with Gasteiger partial charge in [0, 0.05) is 8.29 Å². The summed E-state index contributed by atoms with van der Waals surface area (Å²) < 4.78 is 5.57. The van der Waals surface area contributed by atoms with Crippen LogP contribution < -0.4 is 0 Å². The van der Waals surface area contributed by atoms with Gasteiger partial charge in [-0.25, -0.2) is 4.79 Å². The van der Waals surface area contributed by atoms with Gasteiger partial charge in [-0.15, -0.1) is 11.8 Å². The fraction of sp³-hybridized carbons (Fsp3) is 0.462. The van der Waals surface area contributed by atoms with E-state index >= 15 is 0 Å². The van der Waals surface area contributed by atoms with Crippen molar-refractivity contribution in [3.05, 3.63) is 71.8 Å². The average Bonchev–Trinajstić information content (AvgIpc) is 3.07. The number of fused-ring (bicyclic) bond motifs is 1. The van der Waals surface area contributed by atoms with Crippen LogP contribution in [-0.2, 0) is 14.3 Å². The van der Waals surface area contributed by atoms with E-state index in [0.29, 0.717) is 3.55 Å². The molecule has 2 saturated heterocycles. The molecule has 4 rings (SSSR count). The number of ether oxygens (including phenoxy) is 1. The quantitative estimate of drug-likeness (QED) is 0.110. The number of β-lactam (4-membered cyclic amide) rings is 1. The first-order valence-corrected chi connectivity index (χ1v) is 18.0. The highest BCUT2D eigenvalue weighted by molar-refractivity contribution is 14.1. The van der Waals surface area contributed by atoms with Gasteiger partial charge in [-0.3, -0.25) is 4.79 Å². The first-order valence-electron chi connectivity index (χ1n) is 11.5. The summed E-state index contributed by atoms with van der Waals surface area (Å²) in [7, 11) is -1.41. The summed E-state index contributed by atoms with van der Waals surface area (Å²) in [5.41, 5.74) is 1.82. The molecule has 0 spiro atoms. The van der Waals surface area contributed by atoms with Crippen molar-refractivity contribution in [2.75, 3.05) is 0 Å². The summed E-state index contributed by atoms with van der Waals surface area (Å²) in [5.74, 6) is -0.342. The Bertz CT molecular complexity index is 1030. The van der Waals surface area contributed by atoms with Crippen LogP contribution in [0.25, 0.3) is 0 Å². The Morgan fingerprint density at radius 1 is 1.09 bits per heavy atom. The van der Waals surface area contributed by atoms with Crippen LogP contribution >= 0.6 is 50.3 Å². The molecule has 2 aliphatic rings. The Balaban J connectivity index is 1.59. The van der Waals surface area contributed by atoms with E-state index in [2.05, 4.69) is 58.2 Å². The average molecular weight is 672 g/mol. The highest BCUT2D eigenvalue weighted by Crippen LogP contribution is 2.60. The fourth-order valence-electron chi connectivity index (χ4n) is 4.59. The zero-order chi connectivity index (χ0) is 24.9. The van der Waals surface area contributed by atoms with Crippen LogP contribution in [0.2, 0.25) is 19.6 Å². The van der Waals surface area contributed by atoms with Crippen molar-refractivity contribution in [2.24, 2.45) is 0 Å². The maximum atomic E-state index is 13.7. The molecule has 8 heteroatoms. The lowest BCUT2D eigenvalue weighted by Crippen LogP contribution is -2.71. The van der Waals surface area contributed by atoms with Crippen molar-refractivity contribution in [3.8, 4) is 0 Å². The zero-order valence-electron chi connectivity index (χ0n) is 20.1. The topological polar surface area (TPSA) is 46.6 Å². The Hall–Kier alpha value is -0.843. The van der Waals surface area contributed by atoms with Gasteiger partial charge < -0.3 is 9.64 Å². The minimum atomic E-state index is -1.41. The van der Waals surface area contributed by atoms with E-state index in [1.165, 1.54) is 0 Å². The van der Waals surface area contributed by atoms with E-state index in [9.17, 15) is 9.59 Å². The lowest BCUT2D eigenvalue weighted by Gasteiger charge is -2.51. The number of carbonyl (C=O) groups is 2. The van der Waals surface area contributed by atoms with Gasteiger partial charge in [-0.2, -0.15) is 0 Å². The maximum Gasteiger partial charge on any atom is 0.331 e. The molecule has 1 amide bonds. The molecule has 2 aromatic carbocycles. The van der Waals surface area contributed by atoms with Gasteiger partial charge in [0.15, 0.2) is 6.10 Å². The van der Waals surface area contributed by atoms with E-state index < -0.39 is 29.3 Å². The molecule has 0 aliphatic carbocycles. The molecule has 34 heavy (non-hydrogen) atoms. The van der Waals surface area contributed by atoms with Gasteiger partial charge in [0.05, 0.1) is 8.07 Å². The van der Waals surface area contributed by atoms with Crippen molar-refractivity contribution in [1.82, 2.24) is 4.90 Å². The van der Waals surface area contributed by atoms with E-state index in [1.54, 1.807) is 16.7 Å². The number of rotatable bonds is 7. The minimum Gasteiger partial charge on any atom is -0.451 e. The van der Waals surface area contributed by atoms with Gasteiger partial charge in [0.25, 0.3) is 0 Å². The molecule has 2 heterocycles. The Labute approximate surface area is 229 Å². The van der Waals surface area contributed by atoms with Gasteiger partial charge in [-0.05, 0) is 31.4 Å². The molecule has 2 aliphatic heterocycles. The number of nitrogens with zero attached hydrogens (tertiary/aromatic N) is 1. The molecule has 0 unspecified atom stereocenters. The number of carbonyl (C=O) groups excluding carboxylic acids is 2. The summed E-state index contributed by atoms with van der Waals surface area (Å²) in [6.07, 6.45) is 0.260. The van der Waals surface area contributed by atoms with Crippen molar-refractivity contribution < 1.29 is 14.3 Å². The maximum absolute atomic E-state index is 13.7. The summed E-state index contributed by atoms with van der Waals surface area (Å²) >= 11 is 8.06. The third-order valence-electron chi connectivity index (χ3n) is 6.66. The number of hydrogen-bond acceptors (Lipinski definition) is 4. The smallest absolute Gasteiger partial charge is 0.331 e. The minimum absolute atomic E-state index is 0.00779. The number of amides is 1. The second-order valence-corrected chi connectivity index (χ2v) is 22.0. The highest BCUT2D eigenvalue weighted by atomic mass is 127. The number of alkyl halides is 2. The van der Waals surface area contributed by atoms with Gasteiger partial charge in [0.2, 0.25) is 5.91 Å². The largest absolute Gasteiger partial charge is 0.451 e. The Morgan fingerprint density at radius 2 is 1.59 bits per heavy atom. The molecule has 0 radical (unpaired) electrons. The molecule has 182 valence electrons. The number of esters is 1. The molecule has 2 aromatic rings. The zero-order valence-corrected chi connectivity index (χ0v) is 25.7. The van der Waals surface area contributed by atoms with Crippen molar-refractivity contribution >= 4 is 70.2 Å². The van der Waals surface area contributed by atoms with Crippen LogP contribution in [0.5, 0.6) is 0 Å². The number of benzene rings is 2. The number of thioether (sulfide) groups is 1. The van der Waals surface area contributed by atoms with E-state index in [1.807, 2.05) is 74.5 Å². The number of hydrogen-bond donors (Lipinski definition) is 0. The molecule has 2 fully saturated rings. The second kappa shape index (κ2) is 9.56. The molecule has 0 N–H and O–H groups in total. The van der Waals surface area contributed by atoms with Crippen molar-refractivity contribution in [3.63, 3.8) is 0 Å². The fourth-order valence-corrected chi connectivity index (χ4v) is 9.78. The molecular formula is C26H31BrINO3SSi. The first-order chi connectivity index (χ1) is 15.9. The molecule has 0 aromatic heterocycles. The monoisotopic (exact) mass is 671 g/mol. The summed E-state index contributed by atoms with van der Waals surface area (Å²) in [5, 5.41) is -0.0759. The van der Waals surface area contributed by atoms with E-state index in [4.69, 9.17) is 4.74 Å². The normalized spacial score (nSPS) is 26.7. The standard InChI is InChI=1S/C26H31BrINO3SSi/c1-25(2)21(29-23(31)26(27,24(29)33-25)16-19(28)34(3,4)5)22(30)32-20(17-12-8-6-9-13-17)18-14-10-7-11-15-18/h6-15,19-21,24H,16H2,1-5H3/t19-,21+,24-,26-/m1/s1. The van der Waals surface area contributed by atoms with Gasteiger partial charge >= 0.3 is 5.97 Å². The molecule has 4 nitrogen and oxygen atoms in total. The molecular weight excluding hydrogens is 641 g/mol. The first kappa shape index (κ1) is 26.2. The van der Waals surface area contributed by atoms with E-state index in [0.717, 1.165) is 17.5 Å². The molecule has 0 saturated carbocycles. The third-order valence-corrected chi connectivity index (χ3v) is 17.9. The number of halogens is 2. The predicted octanol–water partition coefficient (Wildman–Crippen LogP) is 6.59. The summed E-state index contributed by atoms with van der Waals surface area (Å²) in [4.78, 5) is 29.0. The summed E-state index contributed by atoms with van der Waals surface area (Å²) in [6, 6.07) is 18.9. The lowest BCUT2D eigenvalue weighted by molar-refractivity contribution is -0.166. The lowest BCUT2D eigenvalue weighted by atomic mass is 9.89. The Morgan fingerprint density at radius 3 is 2.06 bits per heavy atom. The predicted molar refractivity (Wildman–Crippen MR) is 154 cm³/mol. The van der Waals surface area contributed by atoms with Crippen LogP contribution in [-0.4, -0.2) is 48.9 Å².